The van der Waals surface area contributed by atoms with E-state index >= 15 is 0 Å². The molecule has 0 bridgehead atoms. The summed E-state index contributed by atoms with van der Waals surface area (Å²) in [5.74, 6) is 0.952. The van der Waals surface area contributed by atoms with Crippen molar-refractivity contribution >= 4 is 0 Å². The van der Waals surface area contributed by atoms with Crippen molar-refractivity contribution in [1.29, 1.82) is 0 Å². The lowest BCUT2D eigenvalue weighted by Gasteiger charge is -2.11. The number of aromatic nitrogens is 2. The Hall–Kier alpha value is -1.81. The molecule has 1 heterocycles. The van der Waals surface area contributed by atoms with Crippen LogP contribution in [0.1, 0.15) is 31.7 Å². The van der Waals surface area contributed by atoms with Crippen LogP contribution in [0.2, 0.25) is 0 Å². The van der Waals surface area contributed by atoms with Crippen LogP contribution >= 0.6 is 0 Å². The van der Waals surface area contributed by atoms with Gasteiger partial charge in [0.2, 0.25) is 0 Å². The standard InChI is InChI=1S/C17H23N3O/c1-3-8-20-12-15(11-19-20)13-4-7-17(21-2)14(9-13)10-18-16-5-6-16/h4,7,9,11-12,16,18H,3,5-6,8,10H2,1-2H3. The second-order valence-electron chi connectivity index (χ2n) is 5.67. The summed E-state index contributed by atoms with van der Waals surface area (Å²) in [5.41, 5.74) is 3.58. The lowest BCUT2D eigenvalue weighted by Crippen LogP contribution is -2.15. The molecule has 1 aromatic heterocycles. The van der Waals surface area contributed by atoms with Gasteiger partial charge in [0, 0.05) is 36.5 Å². The molecule has 0 spiro atoms. The van der Waals surface area contributed by atoms with Gasteiger partial charge < -0.3 is 10.1 Å². The Morgan fingerprint density at radius 2 is 2.19 bits per heavy atom. The van der Waals surface area contributed by atoms with Crippen molar-refractivity contribution in [3.63, 3.8) is 0 Å². The number of aryl methyl sites for hydroxylation is 1. The molecule has 21 heavy (non-hydrogen) atoms. The molecule has 4 heteroatoms. The van der Waals surface area contributed by atoms with Crippen molar-refractivity contribution in [3.8, 4) is 16.9 Å². The van der Waals surface area contributed by atoms with E-state index in [1.165, 1.54) is 29.5 Å². The van der Waals surface area contributed by atoms with Crippen molar-refractivity contribution in [2.24, 2.45) is 0 Å². The molecule has 4 nitrogen and oxygen atoms in total. The molecule has 112 valence electrons. The summed E-state index contributed by atoms with van der Waals surface area (Å²) in [6.07, 6.45) is 7.75. The van der Waals surface area contributed by atoms with Crippen LogP contribution in [-0.2, 0) is 13.1 Å². The molecule has 0 unspecified atom stereocenters. The first kappa shape index (κ1) is 14.1. The zero-order valence-electron chi connectivity index (χ0n) is 12.8. The Morgan fingerprint density at radius 1 is 1.33 bits per heavy atom. The van der Waals surface area contributed by atoms with Gasteiger partial charge in [-0.05, 0) is 37.0 Å². The highest BCUT2D eigenvalue weighted by atomic mass is 16.5. The van der Waals surface area contributed by atoms with E-state index in [1.54, 1.807) is 7.11 Å². The number of methoxy groups -OCH3 is 1. The molecule has 1 fully saturated rings. The van der Waals surface area contributed by atoms with Crippen molar-refractivity contribution in [3.05, 3.63) is 36.2 Å². The first-order valence-corrected chi connectivity index (χ1v) is 7.73. The number of nitrogens with one attached hydrogen (secondary N) is 1. The topological polar surface area (TPSA) is 39.1 Å². The maximum absolute atomic E-state index is 5.47. The number of hydrogen-bond acceptors (Lipinski definition) is 3. The van der Waals surface area contributed by atoms with E-state index in [0.29, 0.717) is 6.04 Å². The first-order valence-electron chi connectivity index (χ1n) is 7.73. The van der Waals surface area contributed by atoms with Crippen LogP contribution in [0.3, 0.4) is 0 Å². The van der Waals surface area contributed by atoms with Gasteiger partial charge in [-0.25, -0.2) is 0 Å². The second-order valence-corrected chi connectivity index (χ2v) is 5.67. The van der Waals surface area contributed by atoms with Gasteiger partial charge in [0.15, 0.2) is 0 Å². The van der Waals surface area contributed by atoms with E-state index in [0.717, 1.165) is 25.3 Å². The monoisotopic (exact) mass is 285 g/mol. The van der Waals surface area contributed by atoms with Crippen LogP contribution < -0.4 is 10.1 Å². The number of rotatable bonds is 7. The molecule has 0 amide bonds. The summed E-state index contributed by atoms with van der Waals surface area (Å²) in [4.78, 5) is 0. The molecule has 1 aromatic carbocycles. The van der Waals surface area contributed by atoms with E-state index in [9.17, 15) is 0 Å². The summed E-state index contributed by atoms with van der Waals surface area (Å²) >= 11 is 0. The summed E-state index contributed by atoms with van der Waals surface area (Å²) in [5, 5.41) is 7.96. The van der Waals surface area contributed by atoms with Crippen LogP contribution in [-0.4, -0.2) is 22.9 Å². The average Bonchev–Trinajstić information content (AvgIpc) is 3.23. The summed E-state index contributed by atoms with van der Waals surface area (Å²) in [6, 6.07) is 7.07. The van der Waals surface area contributed by atoms with Gasteiger partial charge in [-0.2, -0.15) is 5.10 Å². The molecular weight excluding hydrogens is 262 g/mol. The van der Waals surface area contributed by atoms with Crippen molar-refractivity contribution in [2.75, 3.05) is 7.11 Å². The van der Waals surface area contributed by atoms with Crippen molar-refractivity contribution in [2.45, 2.75) is 45.3 Å². The van der Waals surface area contributed by atoms with E-state index in [2.05, 4.69) is 41.7 Å². The molecule has 1 aliphatic carbocycles. The molecule has 0 saturated heterocycles. The van der Waals surface area contributed by atoms with E-state index in [4.69, 9.17) is 4.74 Å². The van der Waals surface area contributed by atoms with E-state index in [-0.39, 0.29) is 0 Å². The SMILES string of the molecule is CCCn1cc(-c2ccc(OC)c(CNC3CC3)c2)cn1. The van der Waals surface area contributed by atoms with Crippen LogP contribution in [0.5, 0.6) is 5.75 Å². The highest BCUT2D eigenvalue weighted by Gasteiger charge is 2.20. The van der Waals surface area contributed by atoms with Gasteiger partial charge in [0.1, 0.15) is 5.75 Å². The summed E-state index contributed by atoms with van der Waals surface area (Å²) in [6.45, 7) is 3.99. The fourth-order valence-electron chi connectivity index (χ4n) is 2.50. The summed E-state index contributed by atoms with van der Waals surface area (Å²) < 4.78 is 7.47. The predicted molar refractivity (Wildman–Crippen MR) is 84.4 cm³/mol. The third-order valence-corrected chi connectivity index (χ3v) is 3.86. The Balaban J connectivity index is 1.81. The van der Waals surface area contributed by atoms with Gasteiger partial charge in [-0.3, -0.25) is 4.68 Å². The van der Waals surface area contributed by atoms with Gasteiger partial charge in [0.25, 0.3) is 0 Å². The highest BCUT2D eigenvalue weighted by Crippen LogP contribution is 2.27. The number of hydrogen-bond donors (Lipinski definition) is 1. The lowest BCUT2D eigenvalue weighted by molar-refractivity contribution is 0.407. The van der Waals surface area contributed by atoms with Gasteiger partial charge >= 0.3 is 0 Å². The summed E-state index contributed by atoms with van der Waals surface area (Å²) in [7, 11) is 1.73. The van der Waals surface area contributed by atoms with Crippen molar-refractivity contribution < 1.29 is 4.74 Å². The molecule has 3 rings (SSSR count). The zero-order chi connectivity index (χ0) is 14.7. The molecule has 1 saturated carbocycles. The van der Waals surface area contributed by atoms with Crippen LogP contribution in [0.4, 0.5) is 0 Å². The Kier molecular flexibility index (Phi) is 4.25. The van der Waals surface area contributed by atoms with E-state index in [1.807, 2.05) is 10.9 Å². The maximum Gasteiger partial charge on any atom is 0.123 e. The average molecular weight is 285 g/mol. The Bertz CT molecular complexity index is 602. The van der Waals surface area contributed by atoms with Crippen molar-refractivity contribution in [1.82, 2.24) is 15.1 Å². The van der Waals surface area contributed by atoms with Crippen LogP contribution in [0.15, 0.2) is 30.6 Å². The third kappa shape index (κ3) is 3.45. The maximum atomic E-state index is 5.47. The number of nitrogens with zero attached hydrogens (tertiary/aromatic N) is 2. The Morgan fingerprint density at radius 3 is 2.90 bits per heavy atom. The largest absolute Gasteiger partial charge is 0.496 e. The molecule has 0 radical (unpaired) electrons. The smallest absolute Gasteiger partial charge is 0.123 e. The minimum Gasteiger partial charge on any atom is -0.496 e. The Labute approximate surface area is 126 Å². The normalized spacial score (nSPS) is 14.4. The molecule has 1 aliphatic rings. The minimum atomic E-state index is 0.700. The first-order chi connectivity index (χ1) is 10.3. The molecule has 2 aromatic rings. The third-order valence-electron chi connectivity index (χ3n) is 3.86. The fraction of sp³-hybridized carbons (Fsp3) is 0.471. The zero-order valence-corrected chi connectivity index (χ0v) is 12.8. The van der Waals surface area contributed by atoms with Crippen LogP contribution in [0.25, 0.3) is 11.1 Å². The molecule has 1 N–H and O–H groups in total. The number of ether oxygens (including phenoxy) is 1. The van der Waals surface area contributed by atoms with Crippen LogP contribution in [0, 0.1) is 0 Å². The molecular formula is C17H23N3O. The quantitative estimate of drug-likeness (QED) is 0.849. The van der Waals surface area contributed by atoms with Gasteiger partial charge in [0.05, 0.1) is 13.3 Å². The molecule has 0 aliphatic heterocycles. The van der Waals surface area contributed by atoms with Gasteiger partial charge in [-0.15, -0.1) is 0 Å². The lowest BCUT2D eigenvalue weighted by atomic mass is 10.1. The number of benzene rings is 1. The van der Waals surface area contributed by atoms with Gasteiger partial charge in [-0.1, -0.05) is 13.0 Å². The highest BCUT2D eigenvalue weighted by molar-refractivity contribution is 5.64. The second kappa shape index (κ2) is 6.31. The van der Waals surface area contributed by atoms with E-state index < -0.39 is 0 Å². The predicted octanol–water partition coefficient (Wildman–Crippen LogP) is 3.22. The fourth-order valence-corrected chi connectivity index (χ4v) is 2.50. The minimum absolute atomic E-state index is 0.700. The molecule has 0 atom stereocenters.